The molecule has 0 rings (SSSR count). The Balaban J connectivity index is 3.50. The SMILES string of the molecule is CC(C)NC(=O)CCC(=O)CCCCCNC(=O)C(C)C. The minimum Gasteiger partial charge on any atom is -0.356 e. The lowest BCUT2D eigenvalue weighted by molar-refractivity contribution is -0.125. The van der Waals surface area contributed by atoms with E-state index in [0.717, 1.165) is 19.3 Å². The Bertz CT molecular complexity index is 338. The predicted octanol–water partition coefficient (Wildman–Crippen LogP) is 2.19. The van der Waals surface area contributed by atoms with Gasteiger partial charge in [-0.05, 0) is 26.7 Å². The molecule has 0 radical (unpaired) electrons. The molecule has 0 aliphatic heterocycles. The highest BCUT2D eigenvalue weighted by atomic mass is 16.2. The van der Waals surface area contributed by atoms with Gasteiger partial charge in [0.2, 0.25) is 11.8 Å². The molecule has 0 aliphatic carbocycles. The van der Waals surface area contributed by atoms with Crippen LogP contribution in [0.2, 0.25) is 0 Å². The van der Waals surface area contributed by atoms with Crippen LogP contribution >= 0.6 is 0 Å². The van der Waals surface area contributed by atoms with Crippen LogP contribution in [-0.4, -0.2) is 30.2 Å². The van der Waals surface area contributed by atoms with Crippen LogP contribution in [0.1, 0.15) is 66.2 Å². The summed E-state index contributed by atoms with van der Waals surface area (Å²) in [7, 11) is 0. The number of Topliss-reactive ketones (excluding diaryl/α,β-unsaturated/α-hetero) is 1. The monoisotopic (exact) mass is 298 g/mol. The van der Waals surface area contributed by atoms with E-state index in [9.17, 15) is 14.4 Å². The first-order chi connectivity index (χ1) is 9.82. The Hall–Kier alpha value is -1.39. The molecule has 122 valence electrons. The van der Waals surface area contributed by atoms with Gasteiger partial charge in [0.25, 0.3) is 0 Å². The molecule has 0 heterocycles. The summed E-state index contributed by atoms with van der Waals surface area (Å²) in [6.45, 7) is 8.20. The summed E-state index contributed by atoms with van der Waals surface area (Å²) in [4.78, 5) is 34.3. The van der Waals surface area contributed by atoms with Crippen molar-refractivity contribution in [1.82, 2.24) is 10.6 Å². The topological polar surface area (TPSA) is 75.3 Å². The number of carbonyl (C=O) groups excluding carboxylic acids is 3. The minimum atomic E-state index is -0.0604. The number of hydrogen-bond donors (Lipinski definition) is 2. The molecule has 0 spiro atoms. The first-order valence-corrected chi connectivity index (χ1v) is 7.91. The number of rotatable bonds is 11. The van der Waals surface area contributed by atoms with Crippen molar-refractivity contribution in [3.8, 4) is 0 Å². The molecule has 0 fully saturated rings. The van der Waals surface area contributed by atoms with Crippen molar-refractivity contribution in [1.29, 1.82) is 0 Å². The summed E-state index contributed by atoms with van der Waals surface area (Å²) in [6, 6.07) is 0.119. The lowest BCUT2D eigenvalue weighted by atomic mass is 10.1. The molecule has 0 unspecified atom stereocenters. The van der Waals surface area contributed by atoms with E-state index in [0.29, 0.717) is 19.4 Å². The van der Waals surface area contributed by atoms with E-state index in [4.69, 9.17) is 0 Å². The van der Waals surface area contributed by atoms with E-state index in [-0.39, 0.29) is 36.0 Å². The quantitative estimate of drug-likeness (QED) is 0.574. The van der Waals surface area contributed by atoms with Gasteiger partial charge in [-0.3, -0.25) is 14.4 Å². The summed E-state index contributed by atoms with van der Waals surface area (Å²) in [5, 5.41) is 5.62. The van der Waals surface area contributed by atoms with Crippen molar-refractivity contribution in [2.75, 3.05) is 6.54 Å². The normalized spacial score (nSPS) is 10.8. The van der Waals surface area contributed by atoms with E-state index in [1.54, 1.807) is 0 Å². The Kier molecular flexibility index (Phi) is 10.5. The summed E-state index contributed by atoms with van der Waals surface area (Å²) in [5.41, 5.74) is 0. The summed E-state index contributed by atoms with van der Waals surface area (Å²) >= 11 is 0. The molecular weight excluding hydrogens is 268 g/mol. The van der Waals surface area contributed by atoms with Crippen molar-refractivity contribution in [2.24, 2.45) is 5.92 Å². The summed E-state index contributed by atoms with van der Waals surface area (Å²) < 4.78 is 0. The van der Waals surface area contributed by atoms with Gasteiger partial charge in [0.05, 0.1) is 0 Å². The standard InChI is InChI=1S/C16H30N2O3/c1-12(2)16(21)17-11-7-5-6-8-14(19)9-10-15(20)18-13(3)4/h12-13H,5-11H2,1-4H3,(H,17,21)(H,18,20). The maximum absolute atomic E-state index is 11.6. The molecule has 0 aliphatic rings. The lowest BCUT2D eigenvalue weighted by Gasteiger charge is -2.08. The second-order valence-electron chi connectivity index (χ2n) is 6.02. The Morgan fingerprint density at radius 1 is 0.857 bits per heavy atom. The molecule has 0 aromatic carbocycles. The lowest BCUT2D eigenvalue weighted by Crippen LogP contribution is -2.30. The van der Waals surface area contributed by atoms with Crippen molar-refractivity contribution < 1.29 is 14.4 Å². The highest BCUT2D eigenvalue weighted by Crippen LogP contribution is 2.04. The van der Waals surface area contributed by atoms with Gasteiger partial charge in [-0.2, -0.15) is 0 Å². The van der Waals surface area contributed by atoms with Gasteiger partial charge in [-0.1, -0.05) is 20.3 Å². The van der Waals surface area contributed by atoms with Gasteiger partial charge in [-0.25, -0.2) is 0 Å². The maximum Gasteiger partial charge on any atom is 0.222 e. The van der Waals surface area contributed by atoms with Crippen LogP contribution in [0.3, 0.4) is 0 Å². The molecule has 0 saturated heterocycles. The summed E-state index contributed by atoms with van der Waals surface area (Å²) in [6.07, 6.45) is 3.75. The van der Waals surface area contributed by atoms with Gasteiger partial charge in [0.15, 0.2) is 0 Å². The molecule has 2 N–H and O–H groups in total. The molecule has 5 heteroatoms. The zero-order valence-electron chi connectivity index (χ0n) is 13.8. The Morgan fingerprint density at radius 3 is 2.10 bits per heavy atom. The van der Waals surface area contributed by atoms with Crippen LogP contribution in [0, 0.1) is 5.92 Å². The number of nitrogens with one attached hydrogen (secondary N) is 2. The van der Waals surface area contributed by atoms with Crippen LogP contribution in [0.25, 0.3) is 0 Å². The third kappa shape index (κ3) is 12.1. The largest absolute Gasteiger partial charge is 0.356 e. The van der Waals surface area contributed by atoms with Crippen molar-refractivity contribution in [3.05, 3.63) is 0 Å². The molecule has 0 aromatic rings. The van der Waals surface area contributed by atoms with Gasteiger partial charge in [0, 0.05) is 37.8 Å². The van der Waals surface area contributed by atoms with E-state index >= 15 is 0 Å². The highest BCUT2D eigenvalue weighted by molar-refractivity contribution is 5.84. The Morgan fingerprint density at radius 2 is 1.52 bits per heavy atom. The van der Waals surface area contributed by atoms with E-state index < -0.39 is 0 Å². The van der Waals surface area contributed by atoms with Crippen LogP contribution in [0.15, 0.2) is 0 Å². The van der Waals surface area contributed by atoms with Crippen molar-refractivity contribution >= 4 is 17.6 Å². The zero-order valence-corrected chi connectivity index (χ0v) is 13.8. The van der Waals surface area contributed by atoms with Gasteiger partial charge in [0.1, 0.15) is 5.78 Å². The number of hydrogen-bond acceptors (Lipinski definition) is 3. The molecule has 0 atom stereocenters. The fourth-order valence-corrected chi connectivity index (χ4v) is 1.81. The average molecular weight is 298 g/mol. The van der Waals surface area contributed by atoms with Crippen LogP contribution < -0.4 is 10.6 Å². The molecular formula is C16H30N2O3. The van der Waals surface area contributed by atoms with Crippen LogP contribution in [0.5, 0.6) is 0 Å². The molecule has 21 heavy (non-hydrogen) atoms. The first-order valence-electron chi connectivity index (χ1n) is 7.91. The number of ketones is 1. The Labute approximate surface area is 128 Å². The number of amides is 2. The van der Waals surface area contributed by atoms with Gasteiger partial charge < -0.3 is 10.6 Å². The smallest absolute Gasteiger partial charge is 0.222 e. The molecule has 0 bridgehead atoms. The van der Waals surface area contributed by atoms with Crippen LogP contribution in [-0.2, 0) is 14.4 Å². The maximum atomic E-state index is 11.6. The molecule has 5 nitrogen and oxygen atoms in total. The first kappa shape index (κ1) is 19.6. The minimum absolute atomic E-state index is 0.0172. The highest BCUT2D eigenvalue weighted by Gasteiger charge is 2.08. The fraction of sp³-hybridized carbons (Fsp3) is 0.812. The van der Waals surface area contributed by atoms with Gasteiger partial charge in [-0.15, -0.1) is 0 Å². The molecule has 2 amide bonds. The van der Waals surface area contributed by atoms with E-state index in [1.807, 2.05) is 27.7 Å². The van der Waals surface area contributed by atoms with Crippen molar-refractivity contribution in [2.45, 2.75) is 72.3 Å². The number of unbranched alkanes of at least 4 members (excludes halogenated alkanes) is 2. The summed E-state index contributed by atoms with van der Waals surface area (Å²) in [5.74, 6) is 0.167. The van der Waals surface area contributed by atoms with E-state index in [2.05, 4.69) is 10.6 Å². The average Bonchev–Trinajstić information content (AvgIpc) is 2.39. The third-order valence-corrected chi connectivity index (χ3v) is 3.04. The van der Waals surface area contributed by atoms with Gasteiger partial charge >= 0.3 is 0 Å². The number of carbonyl (C=O) groups is 3. The molecule has 0 saturated carbocycles. The third-order valence-electron chi connectivity index (χ3n) is 3.04. The fourth-order valence-electron chi connectivity index (χ4n) is 1.81. The predicted molar refractivity (Wildman–Crippen MR) is 83.8 cm³/mol. The second kappa shape index (κ2) is 11.3. The zero-order chi connectivity index (χ0) is 16.3. The van der Waals surface area contributed by atoms with Crippen LogP contribution in [0.4, 0.5) is 0 Å². The molecule has 0 aromatic heterocycles. The van der Waals surface area contributed by atoms with E-state index in [1.165, 1.54) is 0 Å². The van der Waals surface area contributed by atoms with Crippen molar-refractivity contribution in [3.63, 3.8) is 0 Å². The second-order valence-corrected chi connectivity index (χ2v) is 6.02.